The number of benzene rings is 2. The molecule has 0 aromatic heterocycles. The molecule has 1 aliphatic rings. The first-order valence-electron chi connectivity index (χ1n) is 9.75. The highest BCUT2D eigenvalue weighted by molar-refractivity contribution is 5.90. The minimum absolute atomic E-state index is 0.194. The summed E-state index contributed by atoms with van der Waals surface area (Å²) in [4.78, 5) is 14.3. The summed E-state index contributed by atoms with van der Waals surface area (Å²) >= 11 is 0. The highest BCUT2D eigenvalue weighted by Crippen LogP contribution is 2.23. The molecule has 6 heteroatoms. The summed E-state index contributed by atoms with van der Waals surface area (Å²) in [5.41, 5.74) is 1.52. The number of rotatable bonds is 7. The van der Waals surface area contributed by atoms with Crippen molar-refractivity contribution in [2.45, 2.75) is 32.1 Å². The van der Waals surface area contributed by atoms with E-state index in [9.17, 15) is 18.7 Å². The van der Waals surface area contributed by atoms with Gasteiger partial charge in [0.25, 0.3) is 0 Å². The number of piperidine rings is 1. The Bertz CT molecular complexity index is 788. The monoisotopic (exact) mass is 388 g/mol. The fourth-order valence-corrected chi connectivity index (χ4v) is 3.59. The summed E-state index contributed by atoms with van der Waals surface area (Å²) in [6.45, 7) is 2.61. The highest BCUT2D eigenvalue weighted by atomic mass is 19.2. The standard InChI is InChI=1S/C22H26F2N2O2/c23-20-8-5-18(15-21(20)24)25-22(28)11-14-26-12-9-17(10-13-26)2-1-16-3-6-19(27)7-4-16/h3-8,15,17,27H,1-2,9-14H2,(H,25,28). The Morgan fingerprint density at radius 3 is 2.46 bits per heavy atom. The van der Waals surface area contributed by atoms with Gasteiger partial charge in [0.1, 0.15) is 5.75 Å². The maximum Gasteiger partial charge on any atom is 0.225 e. The van der Waals surface area contributed by atoms with E-state index in [2.05, 4.69) is 10.2 Å². The third-order valence-electron chi connectivity index (χ3n) is 5.34. The van der Waals surface area contributed by atoms with Crippen molar-refractivity contribution in [3.8, 4) is 5.75 Å². The van der Waals surface area contributed by atoms with Gasteiger partial charge in [0.05, 0.1) is 0 Å². The van der Waals surface area contributed by atoms with Crippen molar-refractivity contribution in [3.63, 3.8) is 0 Å². The van der Waals surface area contributed by atoms with Crippen molar-refractivity contribution in [1.82, 2.24) is 4.90 Å². The Kier molecular flexibility index (Phi) is 6.98. The topological polar surface area (TPSA) is 52.6 Å². The maximum atomic E-state index is 13.2. The summed E-state index contributed by atoms with van der Waals surface area (Å²) in [5.74, 6) is -1.11. The number of likely N-dealkylation sites (tertiary alicyclic amines) is 1. The van der Waals surface area contributed by atoms with Gasteiger partial charge in [-0.1, -0.05) is 12.1 Å². The number of halogens is 2. The molecule has 0 aliphatic carbocycles. The molecule has 1 saturated heterocycles. The smallest absolute Gasteiger partial charge is 0.225 e. The fourth-order valence-electron chi connectivity index (χ4n) is 3.59. The van der Waals surface area contributed by atoms with E-state index >= 15 is 0 Å². The van der Waals surface area contributed by atoms with E-state index in [-0.39, 0.29) is 11.6 Å². The van der Waals surface area contributed by atoms with Crippen molar-refractivity contribution in [1.29, 1.82) is 0 Å². The molecule has 3 rings (SSSR count). The molecule has 1 aliphatic heterocycles. The van der Waals surface area contributed by atoms with Crippen LogP contribution < -0.4 is 5.32 Å². The van der Waals surface area contributed by atoms with Gasteiger partial charge < -0.3 is 15.3 Å². The molecule has 2 N–H and O–H groups in total. The van der Waals surface area contributed by atoms with E-state index in [1.807, 2.05) is 12.1 Å². The van der Waals surface area contributed by atoms with Crippen molar-refractivity contribution in [2.75, 3.05) is 25.0 Å². The van der Waals surface area contributed by atoms with E-state index in [4.69, 9.17) is 0 Å². The number of carbonyl (C=O) groups is 1. The summed E-state index contributed by atoms with van der Waals surface area (Å²) in [7, 11) is 0. The first kappa shape index (κ1) is 20.3. The van der Waals surface area contributed by atoms with Gasteiger partial charge in [-0.15, -0.1) is 0 Å². The number of phenolic OH excluding ortho intramolecular Hbond substituents is 1. The van der Waals surface area contributed by atoms with Gasteiger partial charge in [0, 0.05) is 24.7 Å². The molecule has 2 aromatic carbocycles. The summed E-state index contributed by atoms with van der Waals surface area (Å²) in [6.07, 6.45) is 4.71. The van der Waals surface area contributed by atoms with Crippen LogP contribution in [0.2, 0.25) is 0 Å². The van der Waals surface area contributed by atoms with Crippen molar-refractivity contribution in [2.24, 2.45) is 5.92 Å². The van der Waals surface area contributed by atoms with Crippen LogP contribution in [0.25, 0.3) is 0 Å². The molecule has 0 saturated carbocycles. The maximum absolute atomic E-state index is 13.2. The number of aromatic hydroxyl groups is 1. The van der Waals surface area contributed by atoms with Crippen molar-refractivity contribution < 1.29 is 18.7 Å². The molecule has 28 heavy (non-hydrogen) atoms. The lowest BCUT2D eigenvalue weighted by Crippen LogP contribution is -2.35. The van der Waals surface area contributed by atoms with Crippen molar-refractivity contribution >= 4 is 11.6 Å². The molecule has 1 fully saturated rings. The van der Waals surface area contributed by atoms with Crippen LogP contribution in [0.5, 0.6) is 5.75 Å². The number of aryl methyl sites for hydroxylation is 1. The molecule has 1 heterocycles. The number of nitrogens with zero attached hydrogens (tertiary/aromatic N) is 1. The van der Waals surface area contributed by atoms with E-state index in [1.54, 1.807) is 12.1 Å². The quantitative estimate of drug-likeness (QED) is 0.742. The van der Waals surface area contributed by atoms with Crippen LogP contribution in [-0.4, -0.2) is 35.5 Å². The Morgan fingerprint density at radius 2 is 1.79 bits per heavy atom. The molecule has 1 amide bonds. The van der Waals surface area contributed by atoms with Crippen LogP contribution in [0, 0.1) is 17.6 Å². The molecular weight excluding hydrogens is 362 g/mol. The average Bonchev–Trinajstić information content (AvgIpc) is 2.69. The zero-order valence-electron chi connectivity index (χ0n) is 15.8. The van der Waals surface area contributed by atoms with Gasteiger partial charge in [-0.3, -0.25) is 4.79 Å². The van der Waals surface area contributed by atoms with Crippen LogP contribution >= 0.6 is 0 Å². The minimum atomic E-state index is -0.966. The lowest BCUT2D eigenvalue weighted by molar-refractivity contribution is -0.116. The van der Waals surface area contributed by atoms with Crippen LogP contribution in [-0.2, 0) is 11.2 Å². The molecule has 0 atom stereocenters. The van der Waals surface area contributed by atoms with Gasteiger partial charge >= 0.3 is 0 Å². The normalized spacial score (nSPS) is 15.5. The number of anilines is 1. The Balaban J connectivity index is 1.34. The van der Waals surface area contributed by atoms with Gasteiger partial charge in [-0.05, 0) is 74.5 Å². The van der Waals surface area contributed by atoms with Gasteiger partial charge in [-0.25, -0.2) is 8.78 Å². The number of hydrogen-bond donors (Lipinski definition) is 2. The number of carbonyl (C=O) groups excluding carboxylic acids is 1. The SMILES string of the molecule is O=C(CCN1CCC(CCc2ccc(O)cc2)CC1)Nc1ccc(F)c(F)c1. The van der Waals surface area contributed by atoms with Gasteiger partial charge in [-0.2, -0.15) is 0 Å². The molecule has 0 radical (unpaired) electrons. The number of phenols is 1. The molecule has 0 bridgehead atoms. The van der Waals surface area contributed by atoms with Crippen LogP contribution in [0.15, 0.2) is 42.5 Å². The highest BCUT2D eigenvalue weighted by Gasteiger charge is 2.19. The van der Waals surface area contributed by atoms with Crippen LogP contribution in [0.4, 0.5) is 14.5 Å². The summed E-state index contributed by atoms with van der Waals surface area (Å²) < 4.78 is 26.1. The molecule has 0 spiro atoms. The third kappa shape index (κ3) is 6.02. The fraction of sp³-hybridized carbons (Fsp3) is 0.409. The minimum Gasteiger partial charge on any atom is -0.508 e. The zero-order chi connectivity index (χ0) is 19.9. The van der Waals surface area contributed by atoms with Crippen molar-refractivity contribution in [3.05, 3.63) is 59.7 Å². The Morgan fingerprint density at radius 1 is 1.07 bits per heavy atom. The summed E-state index contributed by atoms with van der Waals surface area (Å²) in [6, 6.07) is 10.7. The third-order valence-corrected chi connectivity index (χ3v) is 5.34. The number of hydrogen-bond acceptors (Lipinski definition) is 3. The van der Waals surface area contributed by atoms with E-state index in [0.717, 1.165) is 50.9 Å². The van der Waals surface area contributed by atoms with Gasteiger partial charge in [0.15, 0.2) is 11.6 Å². The second kappa shape index (κ2) is 9.64. The number of amides is 1. The molecule has 0 unspecified atom stereocenters. The van der Waals surface area contributed by atoms with E-state index in [1.165, 1.54) is 11.6 Å². The molecule has 150 valence electrons. The lowest BCUT2D eigenvalue weighted by atomic mass is 9.90. The second-order valence-corrected chi connectivity index (χ2v) is 7.42. The molecule has 4 nitrogen and oxygen atoms in total. The van der Waals surface area contributed by atoms with E-state index in [0.29, 0.717) is 24.6 Å². The molecule has 2 aromatic rings. The lowest BCUT2D eigenvalue weighted by Gasteiger charge is -2.31. The zero-order valence-corrected chi connectivity index (χ0v) is 15.8. The second-order valence-electron chi connectivity index (χ2n) is 7.42. The first-order valence-corrected chi connectivity index (χ1v) is 9.75. The van der Waals surface area contributed by atoms with Crippen LogP contribution in [0.1, 0.15) is 31.2 Å². The summed E-state index contributed by atoms with van der Waals surface area (Å²) in [5, 5.41) is 11.9. The van der Waals surface area contributed by atoms with Gasteiger partial charge in [0.2, 0.25) is 5.91 Å². The largest absolute Gasteiger partial charge is 0.508 e. The first-order chi connectivity index (χ1) is 13.5. The van der Waals surface area contributed by atoms with Crippen LogP contribution in [0.3, 0.4) is 0 Å². The number of nitrogens with one attached hydrogen (secondary N) is 1. The average molecular weight is 388 g/mol. The van der Waals surface area contributed by atoms with E-state index < -0.39 is 11.6 Å². The predicted octanol–water partition coefficient (Wildman–Crippen LogP) is 4.34. The Labute approximate surface area is 164 Å². The molecular formula is C22H26F2N2O2. The predicted molar refractivity (Wildman–Crippen MR) is 105 cm³/mol. The Hall–Kier alpha value is -2.47.